The first kappa shape index (κ1) is 8.88. The van der Waals surface area contributed by atoms with Crippen molar-refractivity contribution in [2.45, 2.75) is 12.2 Å². The van der Waals surface area contributed by atoms with Gasteiger partial charge in [-0.25, -0.2) is 5.14 Å². The molecular formula is C4H10N2O4S. The lowest BCUT2D eigenvalue weighted by molar-refractivity contribution is 0.0572. The van der Waals surface area contributed by atoms with E-state index in [0.29, 0.717) is 0 Å². The second-order valence-electron chi connectivity index (χ2n) is 2.50. The molecule has 1 aliphatic rings. The molecule has 0 saturated carbocycles. The monoisotopic (exact) mass is 182 g/mol. The van der Waals surface area contributed by atoms with Gasteiger partial charge in [0.15, 0.2) is 0 Å². The van der Waals surface area contributed by atoms with E-state index < -0.39 is 22.4 Å². The summed E-state index contributed by atoms with van der Waals surface area (Å²) in [4.78, 5) is 0. The van der Waals surface area contributed by atoms with Crippen molar-refractivity contribution in [2.75, 3.05) is 13.1 Å². The summed E-state index contributed by atoms with van der Waals surface area (Å²) >= 11 is 0. The second kappa shape index (κ2) is 2.68. The van der Waals surface area contributed by atoms with E-state index >= 15 is 0 Å². The number of nitrogens with zero attached hydrogens (tertiary/aromatic N) is 1. The predicted octanol–water partition coefficient (Wildman–Crippen LogP) is -2.77. The van der Waals surface area contributed by atoms with Crippen molar-refractivity contribution < 1.29 is 18.6 Å². The lowest BCUT2D eigenvalue weighted by atomic mass is 10.3. The summed E-state index contributed by atoms with van der Waals surface area (Å²) in [6.07, 6.45) is -2.04. The van der Waals surface area contributed by atoms with Crippen molar-refractivity contribution >= 4 is 10.2 Å². The molecule has 0 radical (unpaired) electrons. The lowest BCUT2D eigenvalue weighted by Gasteiger charge is -2.09. The van der Waals surface area contributed by atoms with Crippen molar-refractivity contribution in [3.63, 3.8) is 0 Å². The van der Waals surface area contributed by atoms with E-state index in [1.807, 2.05) is 0 Å². The molecule has 0 spiro atoms. The van der Waals surface area contributed by atoms with Crippen molar-refractivity contribution in [2.24, 2.45) is 5.14 Å². The highest BCUT2D eigenvalue weighted by Gasteiger charge is 2.34. The lowest BCUT2D eigenvalue weighted by Crippen LogP contribution is -2.35. The molecule has 2 atom stereocenters. The van der Waals surface area contributed by atoms with Gasteiger partial charge in [-0.1, -0.05) is 0 Å². The van der Waals surface area contributed by atoms with E-state index in [1.54, 1.807) is 0 Å². The van der Waals surface area contributed by atoms with Gasteiger partial charge in [-0.05, 0) is 0 Å². The molecule has 1 rings (SSSR count). The number of β-amino-alcohol motifs (C(OH)–C–C–N with tert-alkyl or cyclic N) is 2. The minimum absolute atomic E-state index is 0.125. The van der Waals surface area contributed by atoms with E-state index in [0.717, 1.165) is 4.31 Å². The Morgan fingerprint density at radius 2 is 1.64 bits per heavy atom. The Morgan fingerprint density at radius 1 is 1.27 bits per heavy atom. The standard InChI is InChI=1S/C4H10N2O4S/c5-11(9,10)6-1-3(7)4(8)2-6/h3-4,7-8H,1-2H2,(H2,5,9,10). The van der Waals surface area contributed by atoms with Gasteiger partial charge in [0.25, 0.3) is 10.2 Å². The Morgan fingerprint density at radius 3 is 1.82 bits per heavy atom. The van der Waals surface area contributed by atoms with E-state index in [2.05, 4.69) is 0 Å². The molecule has 0 bridgehead atoms. The molecule has 0 aromatic rings. The topological polar surface area (TPSA) is 104 Å². The van der Waals surface area contributed by atoms with Crippen LogP contribution in [0.25, 0.3) is 0 Å². The van der Waals surface area contributed by atoms with Crippen LogP contribution in [-0.4, -0.2) is 48.2 Å². The average Bonchev–Trinajstić information content (AvgIpc) is 2.11. The number of aliphatic hydroxyl groups is 2. The molecule has 4 N–H and O–H groups in total. The molecular weight excluding hydrogens is 172 g/mol. The maximum atomic E-state index is 10.6. The summed E-state index contributed by atoms with van der Waals surface area (Å²) < 4.78 is 22.0. The number of nitrogens with two attached hydrogens (primary N) is 1. The van der Waals surface area contributed by atoms with Crippen LogP contribution < -0.4 is 5.14 Å². The number of rotatable bonds is 1. The summed E-state index contributed by atoms with van der Waals surface area (Å²) in [6, 6.07) is 0. The third-order valence-electron chi connectivity index (χ3n) is 1.59. The van der Waals surface area contributed by atoms with Crippen LogP contribution >= 0.6 is 0 Å². The zero-order chi connectivity index (χ0) is 8.65. The second-order valence-corrected chi connectivity index (χ2v) is 4.04. The predicted molar refractivity (Wildman–Crippen MR) is 36.7 cm³/mol. The van der Waals surface area contributed by atoms with E-state index in [9.17, 15) is 8.42 Å². The van der Waals surface area contributed by atoms with E-state index in [-0.39, 0.29) is 13.1 Å². The average molecular weight is 182 g/mol. The third kappa shape index (κ3) is 1.88. The van der Waals surface area contributed by atoms with Gasteiger partial charge in [0.2, 0.25) is 0 Å². The van der Waals surface area contributed by atoms with Crippen LogP contribution in [0.2, 0.25) is 0 Å². The Kier molecular flexibility index (Phi) is 2.17. The molecule has 1 saturated heterocycles. The number of aliphatic hydroxyl groups excluding tert-OH is 2. The van der Waals surface area contributed by atoms with Gasteiger partial charge in [0.05, 0.1) is 12.2 Å². The quantitative estimate of drug-likeness (QED) is 0.408. The van der Waals surface area contributed by atoms with Crippen molar-refractivity contribution in [1.29, 1.82) is 0 Å². The highest BCUT2D eigenvalue weighted by Crippen LogP contribution is 2.11. The van der Waals surface area contributed by atoms with Gasteiger partial charge >= 0.3 is 0 Å². The number of hydrogen-bond acceptors (Lipinski definition) is 4. The van der Waals surface area contributed by atoms with Crippen LogP contribution in [0, 0.1) is 0 Å². The Hall–Kier alpha value is -0.210. The molecule has 1 heterocycles. The first-order chi connectivity index (χ1) is 4.91. The zero-order valence-electron chi connectivity index (χ0n) is 5.71. The van der Waals surface area contributed by atoms with Gasteiger partial charge in [0.1, 0.15) is 0 Å². The summed E-state index contributed by atoms with van der Waals surface area (Å²) in [7, 11) is -3.76. The molecule has 1 fully saturated rings. The fraction of sp³-hybridized carbons (Fsp3) is 1.00. The molecule has 0 aliphatic carbocycles. The molecule has 0 aromatic carbocycles. The van der Waals surface area contributed by atoms with Crippen molar-refractivity contribution in [3.8, 4) is 0 Å². The van der Waals surface area contributed by atoms with Crippen LogP contribution in [0.4, 0.5) is 0 Å². The maximum Gasteiger partial charge on any atom is 0.277 e. The van der Waals surface area contributed by atoms with Crippen LogP contribution in [0.5, 0.6) is 0 Å². The third-order valence-corrected chi connectivity index (χ3v) is 2.60. The summed E-state index contributed by atoms with van der Waals surface area (Å²) in [6.45, 7) is -0.250. The van der Waals surface area contributed by atoms with Crippen LogP contribution in [0.1, 0.15) is 0 Å². The fourth-order valence-corrected chi connectivity index (χ4v) is 1.66. The highest BCUT2D eigenvalue weighted by molar-refractivity contribution is 7.86. The Balaban J connectivity index is 2.69. The molecule has 11 heavy (non-hydrogen) atoms. The summed E-state index contributed by atoms with van der Waals surface area (Å²) in [5.41, 5.74) is 0. The molecule has 7 heteroatoms. The molecule has 6 nitrogen and oxygen atoms in total. The van der Waals surface area contributed by atoms with Gasteiger partial charge in [-0.3, -0.25) is 0 Å². The fourth-order valence-electron chi connectivity index (χ4n) is 0.943. The first-order valence-electron chi connectivity index (χ1n) is 3.05. The van der Waals surface area contributed by atoms with Crippen LogP contribution in [0.15, 0.2) is 0 Å². The van der Waals surface area contributed by atoms with Gasteiger partial charge in [0, 0.05) is 13.1 Å². The molecule has 0 amide bonds. The van der Waals surface area contributed by atoms with Crippen molar-refractivity contribution in [1.82, 2.24) is 4.31 Å². The molecule has 2 unspecified atom stereocenters. The van der Waals surface area contributed by atoms with Gasteiger partial charge in [-0.2, -0.15) is 12.7 Å². The largest absolute Gasteiger partial charge is 0.389 e. The van der Waals surface area contributed by atoms with Crippen molar-refractivity contribution in [3.05, 3.63) is 0 Å². The van der Waals surface area contributed by atoms with Crippen LogP contribution in [0.3, 0.4) is 0 Å². The molecule has 0 aromatic heterocycles. The normalized spacial score (nSPS) is 34.5. The minimum Gasteiger partial charge on any atom is -0.389 e. The minimum atomic E-state index is -3.76. The van der Waals surface area contributed by atoms with E-state index in [1.165, 1.54) is 0 Å². The first-order valence-corrected chi connectivity index (χ1v) is 4.55. The van der Waals surface area contributed by atoms with Gasteiger partial charge in [-0.15, -0.1) is 0 Å². The highest BCUT2D eigenvalue weighted by atomic mass is 32.2. The molecule has 1 aliphatic heterocycles. The Bertz CT molecular complexity index is 228. The van der Waals surface area contributed by atoms with Crippen LogP contribution in [-0.2, 0) is 10.2 Å². The summed E-state index contributed by atoms with van der Waals surface area (Å²) in [5, 5.41) is 22.6. The number of hydrogen-bond donors (Lipinski definition) is 3. The van der Waals surface area contributed by atoms with Gasteiger partial charge < -0.3 is 10.2 Å². The molecule has 66 valence electrons. The summed E-state index contributed by atoms with van der Waals surface area (Å²) in [5.74, 6) is 0. The smallest absolute Gasteiger partial charge is 0.277 e. The SMILES string of the molecule is NS(=O)(=O)N1CC(O)C(O)C1. The maximum absolute atomic E-state index is 10.6. The van der Waals surface area contributed by atoms with E-state index in [4.69, 9.17) is 15.4 Å². The zero-order valence-corrected chi connectivity index (χ0v) is 6.53. The Labute approximate surface area is 64.4 Å².